The van der Waals surface area contributed by atoms with Gasteiger partial charge in [0.1, 0.15) is 0 Å². The highest BCUT2D eigenvalue weighted by atomic mass is 15.4. The largest absolute Gasteiger partial charge is 0.314 e. The monoisotopic (exact) mass is 284 g/mol. The van der Waals surface area contributed by atoms with E-state index >= 15 is 0 Å². The third-order valence-corrected chi connectivity index (χ3v) is 4.32. The molecule has 0 saturated carbocycles. The minimum absolute atomic E-state index is 0.512. The average Bonchev–Trinajstić information content (AvgIpc) is 2.69. The predicted octanol–water partition coefficient (Wildman–Crippen LogP) is -1.68. The van der Waals surface area contributed by atoms with Gasteiger partial charge in [-0.3, -0.25) is 9.80 Å². The van der Waals surface area contributed by atoms with Gasteiger partial charge in [0, 0.05) is 78.5 Å². The van der Waals surface area contributed by atoms with E-state index in [2.05, 4.69) is 38.0 Å². The van der Waals surface area contributed by atoms with Crippen LogP contribution in [0.3, 0.4) is 0 Å². The zero-order valence-corrected chi connectivity index (χ0v) is 13.0. The molecule has 0 unspecified atom stereocenters. The molecule has 2 fully saturated rings. The normalized spacial score (nSPS) is 26.1. The smallest absolute Gasteiger partial charge is 0.0595 e. The molecule has 0 bridgehead atoms. The van der Waals surface area contributed by atoms with Gasteiger partial charge in [0.15, 0.2) is 0 Å². The van der Waals surface area contributed by atoms with Gasteiger partial charge in [0.05, 0.1) is 6.17 Å². The molecule has 2 saturated heterocycles. The van der Waals surface area contributed by atoms with E-state index in [1.54, 1.807) is 0 Å². The van der Waals surface area contributed by atoms with Crippen LogP contribution in [0.15, 0.2) is 0 Å². The molecule has 6 nitrogen and oxygen atoms in total. The van der Waals surface area contributed by atoms with Gasteiger partial charge < -0.3 is 21.3 Å². The summed E-state index contributed by atoms with van der Waals surface area (Å²) in [6, 6.07) is 0. The first-order valence-electron chi connectivity index (χ1n) is 8.19. The summed E-state index contributed by atoms with van der Waals surface area (Å²) in [6.07, 6.45) is 0.512. The molecular formula is C14H32N6. The van der Waals surface area contributed by atoms with Crippen molar-refractivity contribution in [1.82, 2.24) is 31.1 Å². The van der Waals surface area contributed by atoms with Gasteiger partial charge in [-0.1, -0.05) is 0 Å². The highest BCUT2D eigenvalue weighted by Gasteiger charge is 2.20. The second-order valence-corrected chi connectivity index (χ2v) is 5.70. The minimum Gasteiger partial charge on any atom is -0.314 e. The Labute approximate surface area is 123 Å². The van der Waals surface area contributed by atoms with Crippen LogP contribution in [0.1, 0.15) is 6.92 Å². The second kappa shape index (κ2) is 9.65. The summed E-state index contributed by atoms with van der Waals surface area (Å²) in [7, 11) is 0. The standard InChI is InChI=1S/C14H32N6/c1-14(19-10-6-15-2-3-16-7-11-19)20-12-8-17-4-5-18-9-13-20/h14-18H,2-13H2,1H3. The highest BCUT2D eigenvalue weighted by Crippen LogP contribution is 2.05. The summed E-state index contributed by atoms with van der Waals surface area (Å²) < 4.78 is 0. The number of hydrogen-bond donors (Lipinski definition) is 4. The van der Waals surface area contributed by atoms with Crippen LogP contribution in [0.25, 0.3) is 0 Å². The molecule has 118 valence electrons. The van der Waals surface area contributed by atoms with Crippen LogP contribution in [0, 0.1) is 0 Å². The Hall–Kier alpha value is -0.240. The van der Waals surface area contributed by atoms with Crippen molar-refractivity contribution in [1.29, 1.82) is 0 Å². The fourth-order valence-electron chi connectivity index (χ4n) is 2.95. The highest BCUT2D eigenvalue weighted by molar-refractivity contribution is 4.75. The summed E-state index contributed by atoms with van der Waals surface area (Å²) >= 11 is 0. The van der Waals surface area contributed by atoms with Gasteiger partial charge in [0.2, 0.25) is 0 Å². The fraction of sp³-hybridized carbons (Fsp3) is 1.00. The van der Waals surface area contributed by atoms with Crippen LogP contribution in [0.5, 0.6) is 0 Å². The minimum atomic E-state index is 0.512. The maximum atomic E-state index is 3.50. The summed E-state index contributed by atoms with van der Waals surface area (Å²) in [5.74, 6) is 0. The molecule has 0 aromatic heterocycles. The average molecular weight is 284 g/mol. The van der Waals surface area contributed by atoms with E-state index in [4.69, 9.17) is 0 Å². The van der Waals surface area contributed by atoms with Crippen molar-refractivity contribution in [3.63, 3.8) is 0 Å². The van der Waals surface area contributed by atoms with Crippen LogP contribution in [0.2, 0.25) is 0 Å². The molecule has 0 aromatic rings. The maximum Gasteiger partial charge on any atom is 0.0595 e. The van der Waals surface area contributed by atoms with Crippen LogP contribution >= 0.6 is 0 Å². The molecule has 20 heavy (non-hydrogen) atoms. The zero-order valence-electron chi connectivity index (χ0n) is 13.0. The van der Waals surface area contributed by atoms with E-state index < -0.39 is 0 Å². The summed E-state index contributed by atoms with van der Waals surface area (Å²) in [5.41, 5.74) is 0. The Morgan fingerprint density at radius 3 is 1.15 bits per heavy atom. The van der Waals surface area contributed by atoms with E-state index in [-0.39, 0.29) is 0 Å². The first-order valence-corrected chi connectivity index (χ1v) is 8.19. The molecule has 4 N–H and O–H groups in total. The lowest BCUT2D eigenvalue weighted by Crippen LogP contribution is -2.52. The molecule has 2 rings (SSSR count). The lowest BCUT2D eigenvalue weighted by Gasteiger charge is -2.37. The van der Waals surface area contributed by atoms with E-state index in [1.165, 1.54) is 0 Å². The van der Waals surface area contributed by atoms with Gasteiger partial charge >= 0.3 is 0 Å². The van der Waals surface area contributed by atoms with E-state index in [9.17, 15) is 0 Å². The molecule has 0 radical (unpaired) electrons. The lowest BCUT2D eigenvalue weighted by molar-refractivity contribution is 0.0597. The molecule has 0 amide bonds. The molecular weight excluding hydrogens is 252 g/mol. The Bertz CT molecular complexity index is 206. The number of nitrogens with one attached hydrogen (secondary N) is 4. The lowest BCUT2D eigenvalue weighted by atomic mass is 10.3. The van der Waals surface area contributed by atoms with Crippen LogP contribution in [-0.2, 0) is 0 Å². The molecule has 2 aliphatic heterocycles. The topological polar surface area (TPSA) is 54.6 Å². The fourth-order valence-corrected chi connectivity index (χ4v) is 2.95. The first kappa shape index (κ1) is 16.1. The van der Waals surface area contributed by atoms with Gasteiger partial charge in [-0.25, -0.2) is 0 Å². The summed E-state index contributed by atoms with van der Waals surface area (Å²) in [6.45, 7) is 15.6. The summed E-state index contributed by atoms with van der Waals surface area (Å²) in [5, 5.41) is 14.0. The van der Waals surface area contributed by atoms with E-state index in [0.29, 0.717) is 6.17 Å². The predicted molar refractivity (Wildman–Crippen MR) is 84.1 cm³/mol. The zero-order chi connectivity index (χ0) is 14.0. The number of rotatable bonds is 2. The SMILES string of the molecule is CC(N1CCNCCNCC1)N1CCNCCNCC1. The maximum absolute atomic E-state index is 3.50. The summed E-state index contributed by atoms with van der Waals surface area (Å²) in [4.78, 5) is 5.20. The molecule has 0 atom stereocenters. The van der Waals surface area contributed by atoms with Gasteiger partial charge in [-0.05, 0) is 6.92 Å². The molecule has 2 aliphatic rings. The van der Waals surface area contributed by atoms with Gasteiger partial charge in [-0.2, -0.15) is 0 Å². The van der Waals surface area contributed by atoms with E-state index in [1.807, 2.05) is 0 Å². The van der Waals surface area contributed by atoms with E-state index in [0.717, 1.165) is 78.5 Å². The van der Waals surface area contributed by atoms with Crippen molar-refractivity contribution in [2.75, 3.05) is 78.5 Å². The molecule has 0 spiro atoms. The quantitative estimate of drug-likeness (QED) is 0.486. The van der Waals surface area contributed by atoms with Crippen molar-refractivity contribution >= 4 is 0 Å². The Morgan fingerprint density at radius 2 is 0.850 bits per heavy atom. The van der Waals surface area contributed by atoms with Gasteiger partial charge in [-0.15, -0.1) is 0 Å². The van der Waals surface area contributed by atoms with Crippen molar-refractivity contribution < 1.29 is 0 Å². The van der Waals surface area contributed by atoms with Gasteiger partial charge in [0.25, 0.3) is 0 Å². The Balaban J connectivity index is 1.85. The Morgan fingerprint density at radius 1 is 0.550 bits per heavy atom. The van der Waals surface area contributed by atoms with Crippen molar-refractivity contribution in [3.8, 4) is 0 Å². The van der Waals surface area contributed by atoms with Crippen molar-refractivity contribution in [2.45, 2.75) is 13.1 Å². The Kier molecular flexibility index (Phi) is 7.79. The third kappa shape index (κ3) is 5.63. The molecule has 0 aromatic carbocycles. The first-order chi connectivity index (χ1) is 9.88. The van der Waals surface area contributed by atoms with Crippen LogP contribution in [-0.4, -0.2) is 94.5 Å². The second-order valence-electron chi connectivity index (χ2n) is 5.70. The number of hydrogen-bond acceptors (Lipinski definition) is 6. The van der Waals surface area contributed by atoms with Crippen LogP contribution < -0.4 is 21.3 Å². The number of nitrogens with zero attached hydrogens (tertiary/aromatic N) is 2. The van der Waals surface area contributed by atoms with Crippen molar-refractivity contribution in [3.05, 3.63) is 0 Å². The molecule has 0 aliphatic carbocycles. The van der Waals surface area contributed by atoms with Crippen LogP contribution in [0.4, 0.5) is 0 Å². The molecule has 6 heteroatoms. The third-order valence-electron chi connectivity index (χ3n) is 4.32. The van der Waals surface area contributed by atoms with Crippen molar-refractivity contribution in [2.24, 2.45) is 0 Å². The molecule has 2 heterocycles.